The molecule has 0 nitrogen and oxygen atoms in total. The van der Waals surface area contributed by atoms with Gasteiger partial charge in [0.2, 0.25) is 0 Å². The van der Waals surface area contributed by atoms with Crippen LogP contribution in [0.15, 0.2) is 55.1 Å². The summed E-state index contributed by atoms with van der Waals surface area (Å²) in [5.74, 6) is 0. The second kappa shape index (κ2) is 3.93. The minimum atomic E-state index is 1.12. The van der Waals surface area contributed by atoms with Crippen LogP contribution in [0.3, 0.4) is 0 Å². The van der Waals surface area contributed by atoms with E-state index in [0.29, 0.717) is 0 Å². The number of hydrogen-bond acceptors (Lipinski definition) is 0. The van der Waals surface area contributed by atoms with Gasteiger partial charge in [-0.1, -0.05) is 55.1 Å². The maximum Gasteiger partial charge on any atom is -0.00992 e. The quantitative estimate of drug-likeness (QED) is 0.657. The Morgan fingerprint density at radius 1 is 1.07 bits per heavy atom. The highest BCUT2D eigenvalue weighted by atomic mass is 14.0. The summed E-state index contributed by atoms with van der Waals surface area (Å²) in [6.07, 6.45) is 1.85. The van der Waals surface area contributed by atoms with Gasteiger partial charge in [-0.15, -0.1) is 0 Å². The Kier molecular flexibility index (Phi) is 2.46. The highest BCUT2D eigenvalue weighted by Crippen LogP contribution is 2.19. The van der Waals surface area contributed by atoms with Crippen molar-refractivity contribution < 1.29 is 0 Å². The molecule has 0 heterocycles. The fourth-order valence-corrected chi connectivity index (χ4v) is 1.41. The van der Waals surface area contributed by atoms with Gasteiger partial charge in [0.15, 0.2) is 0 Å². The molecule has 0 amide bonds. The molecule has 1 radical (unpaired) electrons. The minimum absolute atomic E-state index is 1.12. The van der Waals surface area contributed by atoms with E-state index < -0.39 is 0 Å². The van der Waals surface area contributed by atoms with Gasteiger partial charge in [0.25, 0.3) is 0 Å². The third-order valence-electron chi connectivity index (χ3n) is 2.14. The standard InChI is InChI=1S/C14H11/c1-2-12-7-6-10-14(11-12)13-8-4-3-5-9-13/h2-8,10-11H,1H2. The van der Waals surface area contributed by atoms with Crippen molar-refractivity contribution in [1.82, 2.24) is 0 Å². The van der Waals surface area contributed by atoms with Crippen LogP contribution in [0.1, 0.15) is 5.56 Å². The molecular weight excluding hydrogens is 168 g/mol. The lowest BCUT2D eigenvalue weighted by molar-refractivity contribution is 1.59. The Bertz CT molecular complexity index is 427. The fourth-order valence-electron chi connectivity index (χ4n) is 1.41. The molecule has 0 heteroatoms. The molecule has 0 aromatic heterocycles. The Morgan fingerprint density at radius 2 is 2.00 bits per heavy atom. The molecule has 0 spiro atoms. The first-order chi connectivity index (χ1) is 6.90. The summed E-state index contributed by atoms with van der Waals surface area (Å²) in [5, 5.41) is 0. The molecule has 0 saturated heterocycles. The molecule has 0 bridgehead atoms. The first-order valence-electron chi connectivity index (χ1n) is 4.60. The van der Waals surface area contributed by atoms with Gasteiger partial charge in [0.1, 0.15) is 0 Å². The molecule has 0 aliphatic heterocycles. The van der Waals surface area contributed by atoms with Crippen LogP contribution in [0.5, 0.6) is 0 Å². The smallest absolute Gasteiger partial charge is 0.00992 e. The van der Waals surface area contributed by atoms with Crippen LogP contribution in [0.4, 0.5) is 0 Å². The second-order valence-electron chi connectivity index (χ2n) is 3.11. The van der Waals surface area contributed by atoms with E-state index in [1.165, 1.54) is 5.56 Å². The van der Waals surface area contributed by atoms with Crippen LogP contribution in [0.2, 0.25) is 0 Å². The van der Waals surface area contributed by atoms with E-state index in [4.69, 9.17) is 0 Å². The number of rotatable bonds is 2. The van der Waals surface area contributed by atoms with Crippen molar-refractivity contribution in [2.75, 3.05) is 0 Å². The van der Waals surface area contributed by atoms with Gasteiger partial charge in [-0.3, -0.25) is 0 Å². The van der Waals surface area contributed by atoms with Gasteiger partial charge >= 0.3 is 0 Å². The van der Waals surface area contributed by atoms with Gasteiger partial charge in [-0.05, 0) is 28.8 Å². The zero-order valence-corrected chi connectivity index (χ0v) is 7.90. The molecule has 0 aliphatic rings. The Labute approximate surface area is 84.5 Å². The van der Waals surface area contributed by atoms with Crippen LogP contribution in [0, 0.1) is 6.07 Å². The Morgan fingerprint density at radius 3 is 2.71 bits per heavy atom. The van der Waals surface area contributed by atoms with E-state index in [0.717, 1.165) is 11.1 Å². The van der Waals surface area contributed by atoms with Crippen molar-refractivity contribution >= 4 is 6.08 Å². The molecule has 67 valence electrons. The summed E-state index contributed by atoms with van der Waals surface area (Å²) < 4.78 is 0. The van der Waals surface area contributed by atoms with Crippen LogP contribution in [-0.2, 0) is 0 Å². The topological polar surface area (TPSA) is 0 Å². The first-order valence-corrected chi connectivity index (χ1v) is 4.60. The van der Waals surface area contributed by atoms with Crippen molar-refractivity contribution in [1.29, 1.82) is 0 Å². The van der Waals surface area contributed by atoms with E-state index >= 15 is 0 Å². The summed E-state index contributed by atoms with van der Waals surface area (Å²) in [4.78, 5) is 0. The van der Waals surface area contributed by atoms with E-state index in [1.54, 1.807) is 0 Å². The monoisotopic (exact) mass is 179 g/mol. The predicted molar refractivity (Wildman–Crippen MR) is 60.8 cm³/mol. The summed E-state index contributed by atoms with van der Waals surface area (Å²) in [5.41, 5.74) is 3.44. The van der Waals surface area contributed by atoms with Crippen LogP contribution >= 0.6 is 0 Å². The lowest BCUT2D eigenvalue weighted by Gasteiger charge is -2.01. The van der Waals surface area contributed by atoms with Gasteiger partial charge < -0.3 is 0 Å². The molecule has 0 atom stereocenters. The normalized spacial score (nSPS) is 9.71. The van der Waals surface area contributed by atoms with Crippen molar-refractivity contribution in [3.05, 3.63) is 66.7 Å². The van der Waals surface area contributed by atoms with Gasteiger partial charge in [-0.25, -0.2) is 0 Å². The highest BCUT2D eigenvalue weighted by molar-refractivity contribution is 5.66. The minimum Gasteiger partial charge on any atom is -0.0985 e. The van der Waals surface area contributed by atoms with Gasteiger partial charge in [0.05, 0.1) is 0 Å². The molecule has 0 saturated carbocycles. The first kappa shape index (κ1) is 8.76. The molecule has 2 aromatic rings. The number of hydrogen-bond donors (Lipinski definition) is 0. The van der Waals surface area contributed by atoms with Crippen LogP contribution in [-0.4, -0.2) is 0 Å². The van der Waals surface area contributed by atoms with Gasteiger partial charge in [-0.2, -0.15) is 0 Å². The molecule has 2 aromatic carbocycles. The zero-order valence-electron chi connectivity index (χ0n) is 7.90. The average molecular weight is 179 g/mol. The largest absolute Gasteiger partial charge is 0.0985 e. The fraction of sp³-hybridized carbons (Fsp3) is 0. The van der Waals surface area contributed by atoms with Crippen molar-refractivity contribution in [2.24, 2.45) is 0 Å². The lowest BCUT2D eigenvalue weighted by Crippen LogP contribution is -1.78. The van der Waals surface area contributed by atoms with Crippen molar-refractivity contribution in [2.45, 2.75) is 0 Å². The molecule has 14 heavy (non-hydrogen) atoms. The molecule has 0 fully saturated rings. The Balaban J connectivity index is 2.47. The van der Waals surface area contributed by atoms with E-state index in [1.807, 2.05) is 36.4 Å². The average Bonchev–Trinajstić information content (AvgIpc) is 2.30. The Hall–Kier alpha value is -1.82. The maximum absolute atomic E-state index is 3.76. The summed E-state index contributed by atoms with van der Waals surface area (Å²) in [7, 11) is 0. The zero-order chi connectivity index (χ0) is 9.80. The third kappa shape index (κ3) is 1.74. The second-order valence-corrected chi connectivity index (χ2v) is 3.11. The predicted octanol–water partition coefficient (Wildman–Crippen LogP) is 3.80. The number of benzene rings is 2. The van der Waals surface area contributed by atoms with Crippen molar-refractivity contribution in [3.8, 4) is 11.1 Å². The van der Waals surface area contributed by atoms with E-state index in [2.05, 4.69) is 30.8 Å². The maximum atomic E-state index is 3.76. The van der Waals surface area contributed by atoms with Gasteiger partial charge in [0, 0.05) is 0 Å². The highest BCUT2D eigenvalue weighted by Gasteiger charge is 1.95. The third-order valence-corrected chi connectivity index (χ3v) is 2.14. The summed E-state index contributed by atoms with van der Waals surface area (Å²) >= 11 is 0. The molecular formula is C14H11. The SMILES string of the molecule is C=Cc1cccc(-c2[c]cccc2)c1. The van der Waals surface area contributed by atoms with E-state index in [9.17, 15) is 0 Å². The van der Waals surface area contributed by atoms with Crippen molar-refractivity contribution in [3.63, 3.8) is 0 Å². The lowest BCUT2D eigenvalue weighted by atomic mass is 10.0. The summed E-state index contributed by atoms with van der Waals surface area (Å²) in [6.45, 7) is 3.76. The molecule has 0 aliphatic carbocycles. The van der Waals surface area contributed by atoms with Crippen LogP contribution < -0.4 is 0 Å². The molecule has 0 unspecified atom stereocenters. The van der Waals surface area contributed by atoms with Crippen LogP contribution in [0.25, 0.3) is 17.2 Å². The summed E-state index contributed by atoms with van der Waals surface area (Å²) in [6, 6.07) is 19.4. The molecule has 2 rings (SSSR count). The molecule has 0 N–H and O–H groups in total. The van der Waals surface area contributed by atoms with E-state index in [-0.39, 0.29) is 0 Å².